The number of carbonyl (C=O) groups is 1. The van der Waals surface area contributed by atoms with Gasteiger partial charge in [0.2, 0.25) is 5.91 Å². The molecule has 2 N–H and O–H groups in total. The SMILES string of the molecule is COc1cccc(C#Cc2ccc([C@@H]3[C@H](CO)N4C(=O)CNC[C@@H]34)cc2)c1. The second kappa shape index (κ2) is 7.43. The van der Waals surface area contributed by atoms with Gasteiger partial charge in [-0.05, 0) is 35.9 Å². The van der Waals surface area contributed by atoms with Crippen LogP contribution in [0.25, 0.3) is 0 Å². The molecule has 0 bridgehead atoms. The van der Waals surface area contributed by atoms with Gasteiger partial charge in [-0.1, -0.05) is 30.0 Å². The number of aliphatic hydroxyl groups is 1. The Morgan fingerprint density at radius 2 is 1.96 bits per heavy atom. The van der Waals surface area contributed by atoms with Crippen LogP contribution in [0.1, 0.15) is 22.6 Å². The number of methoxy groups -OCH3 is 1. The van der Waals surface area contributed by atoms with Crippen molar-refractivity contribution in [1.29, 1.82) is 0 Å². The molecule has 5 heteroatoms. The molecule has 2 fully saturated rings. The van der Waals surface area contributed by atoms with E-state index in [2.05, 4.69) is 29.3 Å². The normalized spacial score (nSPS) is 23.7. The molecule has 0 radical (unpaired) electrons. The van der Waals surface area contributed by atoms with Crippen LogP contribution in [0.2, 0.25) is 0 Å². The highest BCUT2D eigenvalue weighted by Crippen LogP contribution is 2.41. The second-order valence-corrected chi connectivity index (χ2v) is 6.88. The fourth-order valence-corrected chi connectivity index (χ4v) is 4.04. The first kappa shape index (κ1) is 17.6. The van der Waals surface area contributed by atoms with E-state index in [0.717, 1.165) is 29.0 Å². The van der Waals surface area contributed by atoms with Crippen molar-refractivity contribution in [3.8, 4) is 17.6 Å². The summed E-state index contributed by atoms with van der Waals surface area (Å²) in [5.74, 6) is 7.34. The van der Waals surface area contributed by atoms with Crippen molar-refractivity contribution in [3.63, 3.8) is 0 Å². The highest BCUT2D eigenvalue weighted by molar-refractivity contribution is 5.81. The van der Waals surface area contributed by atoms with E-state index >= 15 is 0 Å². The Morgan fingerprint density at radius 3 is 2.70 bits per heavy atom. The van der Waals surface area contributed by atoms with Crippen LogP contribution in [0.4, 0.5) is 0 Å². The second-order valence-electron chi connectivity index (χ2n) is 6.88. The number of nitrogens with zero attached hydrogens (tertiary/aromatic N) is 1. The van der Waals surface area contributed by atoms with Gasteiger partial charge in [0, 0.05) is 23.6 Å². The Morgan fingerprint density at radius 1 is 1.19 bits per heavy atom. The number of hydrogen-bond donors (Lipinski definition) is 2. The van der Waals surface area contributed by atoms with Crippen molar-refractivity contribution >= 4 is 5.91 Å². The molecule has 2 heterocycles. The molecule has 2 aromatic rings. The van der Waals surface area contributed by atoms with Crippen LogP contribution in [0, 0.1) is 11.8 Å². The zero-order valence-electron chi connectivity index (χ0n) is 15.2. The molecule has 27 heavy (non-hydrogen) atoms. The predicted octanol–water partition coefficient (Wildman–Crippen LogP) is 1.35. The number of benzene rings is 2. The van der Waals surface area contributed by atoms with E-state index in [1.807, 2.05) is 41.3 Å². The molecular weight excluding hydrogens is 340 g/mol. The van der Waals surface area contributed by atoms with Gasteiger partial charge in [-0.25, -0.2) is 0 Å². The lowest BCUT2D eigenvalue weighted by atomic mass is 9.74. The largest absolute Gasteiger partial charge is 0.497 e. The number of amides is 1. The van der Waals surface area contributed by atoms with Crippen LogP contribution in [-0.4, -0.2) is 54.8 Å². The van der Waals surface area contributed by atoms with Crippen LogP contribution < -0.4 is 10.1 Å². The van der Waals surface area contributed by atoms with Gasteiger partial charge >= 0.3 is 0 Å². The fourth-order valence-electron chi connectivity index (χ4n) is 4.04. The minimum atomic E-state index is -0.127. The predicted molar refractivity (Wildman–Crippen MR) is 103 cm³/mol. The Bertz CT molecular complexity index is 892. The van der Waals surface area contributed by atoms with E-state index in [1.165, 1.54) is 0 Å². The molecular formula is C22H22N2O3. The standard InChI is InChI=1S/C22H22N2O3/c1-27-18-4-2-3-16(11-18)6-5-15-7-9-17(10-8-15)22-19-12-23-13-21(26)24(19)20(22)14-25/h2-4,7-11,19-20,22-23,25H,12-14H2,1H3/t19-,20-,22-/m0/s1. The Kier molecular flexibility index (Phi) is 4.85. The minimum Gasteiger partial charge on any atom is -0.497 e. The summed E-state index contributed by atoms with van der Waals surface area (Å²) in [6.45, 7) is 1.12. The van der Waals surface area contributed by atoms with E-state index in [4.69, 9.17) is 4.74 Å². The Labute approximate surface area is 159 Å². The number of carbonyl (C=O) groups excluding carboxylic acids is 1. The zero-order valence-corrected chi connectivity index (χ0v) is 15.2. The van der Waals surface area contributed by atoms with Gasteiger partial charge < -0.3 is 20.1 Å². The maximum atomic E-state index is 12.0. The Hall–Kier alpha value is -2.81. The van der Waals surface area contributed by atoms with Crippen LogP contribution in [0.15, 0.2) is 48.5 Å². The van der Waals surface area contributed by atoms with Crippen LogP contribution in [-0.2, 0) is 4.79 Å². The molecule has 0 spiro atoms. The first-order valence-electron chi connectivity index (χ1n) is 9.10. The van der Waals surface area contributed by atoms with Crippen molar-refractivity contribution in [2.75, 3.05) is 26.8 Å². The Balaban J connectivity index is 1.51. The summed E-state index contributed by atoms with van der Waals surface area (Å²) in [5.41, 5.74) is 2.97. The van der Waals surface area contributed by atoms with Gasteiger partial charge in [0.25, 0.3) is 0 Å². The number of ether oxygens (including phenoxy) is 1. The lowest BCUT2D eigenvalue weighted by Crippen LogP contribution is -2.72. The molecule has 2 aliphatic heterocycles. The molecule has 0 saturated carbocycles. The molecule has 0 aliphatic carbocycles. The monoisotopic (exact) mass is 362 g/mol. The summed E-state index contributed by atoms with van der Waals surface area (Å²) in [7, 11) is 1.64. The highest BCUT2D eigenvalue weighted by atomic mass is 16.5. The summed E-state index contributed by atoms with van der Waals surface area (Å²) in [5, 5.41) is 12.9. The number of aliphatic hydroxyl groups excluding tert-OH is 1. The molecule has 2 aliphatic rings. The molecule has 0 aromatic heterocycles. The van der Waals surface area contributed by atoms with E-state index in [-0.39, 0.29) is 30.5 Å². The van der Waals surface area contributed by atoms with Crippen LogP contribution >= 0.6 is 0 Å². The van der Waals surface area contributed by atoms with Gasteiger partial charge in [-0.3, -0.25) is 4.79 Å². The van der Waals surface area contributed by atoms with Crippen molar-refractivity contribution < 1.29 is 14.6 Å². The lowest BCUT2D eigenvalue weighted by Gasteiger charge is -2.57. The third kappa shape index (κ3) is 3.30. The number of piperazine rings is 1. The number of fused-ring (bicyclic) bond motifs is 1. The summed E-state index contributed by atoms with van der Waals surface area (Å²) >= 11 is 0. The van der Waals surface area contributed by atoms with Gasteiger partial charge in [0.15, 0.2) is 0 Å². The number of nitrogens with one attached hydrogen (secondary N) is 1. The summed E-state index contributed by atoms with van der Waals surface area (Å²) in [6, 6.07) is 15.8. The third-order valence-electron chi connectivity index (χ3n) is 5.36. The first-order valence-corrected chi connectivity index (χ1v) is 9.10. The topological polar surface area (TPSA) is 61.8 Å². The van der Waals surface area contributed by atoms with Crippen molar-refractivity contribution in [2.24, 2.45) is 0 Å². The smallest absolute Gasteiger partial charge is 0.237 e. The number of rotatable bonds is 3. The fraction of sp³-hybridized carbons (Fsp3) is 0.318. The summed E-state index contributed by atoms with van der Waals surface area (Å²) in [6.07, 6.45) is 0. The first-order chi connectivity index (χ1) is 13.2. The van der Waals surface area contributed by atoms with Gasteiger partial charge in [-0.15, -0.1) is 0 Å². The van der Waals surface area contributed by atoms with Crippen LogP contribution in [0.5, 0.6) is 5.75 Å². The maximum Gasteiger partial charge on any atom is 0.237 e. The van der Waals surface area contributed by atoms with Gasteiger partial charge in [0.05, 0.1) is 32.3 Å². The van der Waals surface area contributed by atoms with E-state index in [0.29, 0.717) is 6.54 Å². The third-order valence-corrected chi connectivity index (χ3v) is 5.36. The summed E-state index contributed by atoms with van der Waals surface area (Å²) in [4.78, 5) is 13.9. The highest BCUT2D eigenvalue weighted by Gasteiger charge is 2.52. The molecule has 3 atom stereocenters. The molecule has 138 valence electrons. The molecule has 1 amide bonds. The van der Waals surface area contributed by atoms with Crippen LogP contribution in [0.3, 0.4) is 0 Å². The zero-order chi connectivity index (χ0) is 18.8. The maximum absolute atomic E-state index is 12.0. The number of hydrogen-bond acceptors (Lipinski definition) is 4. The molecule has 4 rings (SSSR count). The van der Waals surface area contributed by atoms with Crippen molar-refractivity contribution in [1.82, 2.24) is 10.2 Å². The van der Waals surface area contributed by atoms with E-state index in [1.54, 1.807) is 7.11 Å². The van der Waals surface area contributed by atoms with Gasteiger partial charge in [0.1, 0.15) is 5.75 Å². The van der Waals surface area contributed by atoms with Crippen molar-refractivity contribution in [2.45, 2.75) is 18.0 Å². The molecule has 2 aromatic carbocycles. The molecule has 2 saturated heterocycles. The quantitative estimate of drug-likeness (QED) is 0.810. The van der Waals surface area contributed by atoms with E-state index in [9.17, 15) is 9.90 Å². The molecule has 0 unspecified atom stereocenters. The average molecular weight is 362 g/mol. The minimum absolute atomic E-state index is 0.00962. The molecule has 5 nitrogen and oxygen atoms in total. The van der Waals surface area contributed by atoms with E-state index < -0.39 is 0 Å². The van der Waals surface area contributed by atoms with Crippen molar-refractivity contribution in [3.05, 3.63) is 65.2 Å². The summed E-state index contributed by atoms with van der Waals surface area (Å²) < 4.78 is 5.22. The van der Waals surface area contributed by atoms with Gasteiger partial charge in [-0.2, -0.15) is 0 Å². The lowest BCUT2D eigenvalue weighted by molar-refractivity contribution is -0.153. The average Bonchev–Trinajstić information content (AvgIpc) is 2.69.